The maximum absolute atomic E-state index is 12.2. The van der Waals surface area contributed by atoms with Crippen LogP contribution in [0.5, 0.6) is 0 Å². The molecule has 0 radical (unpaired) electrons. The molecule has 0 saturated carbocycles. The van der Waals surface area contributed by atoms with Crippen molar-refractivity contribution >= 4 is 5.91 Å². The van der Waals surface area contributed by atoms with E-state index < -0.39 is 0 Å². The lowest BCUT2D eigenvalue weighted by molar-refractivity contribution is -0.137. The number of rotatable bonds is 3. The van der Waals surface area contributed by atoms with Crippen molar-refractivity contribution in [2.24, 2.45) is 5.92 Å². The lowest BCUT2D eigenvalue weighted by Crippen LogP contribution is -2.44. The Bertz CT molecular complexity index is 246. The molecule has 2 fully saturated rings. The fraction of sp³-hybridized carbons (Fsp3) is 0.923. The molecule has 0 aromatic carbocycles. The standard InChI is InChI=1S/C13H24N2O2/c1-15(10-12-6-2-3-8-17-12)13(16)11-5-4-7-14-9-11/h11-12,14H,2-10H2,1H3/t11-,12?/m0/s1. The number of hydrogen-bond donors (Lipinski definition) is 1. The molecule has 0 aromatic rings. The van der Waals surface area contributed by atoms with E-state index in [1.54, 1.807) is 0 Å². The fourth-order valence-electron chi connectivity index (χ4n) is 2.72. The molecule has 1 N–H and O–H groups in total. The highest BCUT2D eigenvalue weighted by atomic mass is 16.5. The third-order valence-electron chi connectivity index (χ3n) is 3.77. The zero-order valence-electron chi connectivity index (χ0n) is 10.8. The van der Waals surface area contributed by atoms with Gasteiger partial charge >= 0.3 is 0 Å². The van der Waals surface area contributed by atoms with Gasteiger partial charge in [-0.3, -0.25) is 4.79 Å². The van der Waals surface area contributed by atoms with Crippen LogP contribution in [0, 0.1) is 5.92 Å². The predicted octanol–water partition coefficient (Wildman–Crippen LogP) is 1.01. The number of piperidine rings is 1. The summed E-state index contributed by atoms with van der Waals surface area (Å²) < 4.78 is 5.68. The van der Waals surface area contributed by atoms with Crippen LogP contribution in [0.2, 0.25) is 0 Å². The highest BCUT2D eigenvalue weighted by Crippen LogP contribution is 2.16. The second-order valence-electron chi connectivity index (χ2n) is 5.25. The predicted molar refractivity (Wildman–Crippen MR) is 66.8 cm³/mol. The molecule has 17 heavy (non-hydrogen) atoms. The van der Waals surface area contributed by atoms with Crippen molar-refractivity contribution in [1.82, 2.24) is 10.2 Å². The molecular weight excluding hydrogens is 216 g/mol. The summed E-state index contributed by atoms with van der Waals surface area (Å²) in [5.74, 6) is 0.462. The van der Waals surface area contributed by atoms with Crippen LogP contribution < -0.4 is 5.32 Å². The normalized spacial score (nSPS) is 29.9. The number of nitrogens with zero attached hydrogens (tertiary/aromatic N) is 1. The molecule has 2 aliphatic rings. The number of carbonyl (C=O) groups is 1. The highest BCUT2D eigenvalue weighted by molar-refractivity contribution is 5.78. The van der Waals surface area contributed by atoms with Crippen molar-refractivity contribution in [1.29, 1.82) is 0 Å². The molecule has 2 atom stereocenters. The second-order valence-corrected chi connectivity index (χ2v) is 5.25. The summed E-state index contributed by atoms with van der Waals surface area (Å²) in [6.45, 7) is 3.51. The molecule has 0 spiro atoms. The van der Waals surface area contributed by atoms with Crippen LogP contribution in [0.25, 0.3) is 0 Å². The van der Waals surface area contributed by atoms with E-state index >= 15 is 0 Å². The number of nitrogens with one attached hydrogen (secondary N) is 1. The van der Waals surface area contributed by atoms with Crippen LogP contribution in [-0.4, -0.2) is 50.2 Å². The van der Waals surface area contributed by atoms with E-state index in [0.29, 0.717) is 0 Å². The molecular formula is C13H24N2O2. The average Bonchev–Trinajstić information content (AvgIpc) is 2.40. The molecule has 0 bridgehead atoms. The Kier molecular flexibility index (Phi) is 4.80. The van der Waals surface area contributed by atoms with Crippen molar-refractivity contribution in [3.8, 4) is 0 Å². The largest absolute Gasteiger partial charge is 0.376 e. The molecule has 4 heteroatoms. The van der Waals surface area contributed by atoms with Gasteiger partial charge in [0, 0.05) is 26.7 Å². The van der Waals surface area contributed by atoms with Gasteiger partial charge < -0.3 is 15.0 Å². The van der Waals surface area contributed by atoms with Gasteiger partial charge in [0.1, 0.15) is 0 Å². The second kappa shape index (κ2) is 6.36. The first-order chi connectivity index (χ1) is 8.27. The van der Waals surface area contributed by atoms with Crippen LogP contribution >= 0.6 is 0 Å². The lowest BCUT2D eigenvalue weighted by atomic mass is 9.98. The van der Waals surface area contributed by atoms with E-state index in [0.717, 1.165) is 45.5 Å². The molecule has 2 saturated heterocycles. The van der Waals surface area contributed by atoms with Gasteiger partial charge in [0.2, 0.25) is 5.91 Å². The van der Waals surface area contributed by atoms with Crippen LogP contribution in [0.4, 0.5) is 0 Å². The number of amides is 1. The van der Waals surface area contributed by atoms with Crippen molar-refractivity contribution in [2.75, 3.05) is 33.3 Å². The summed E-state index contributed by atoms with van der Waals surface area (Å²) in [6.07, 6.45) is 5.90. The Morgan fingerprint density at radius 3 is 2.88 bits per heavy atom. The van der Waals surface area contributed by atoms with Gasteiger partial charge in [-0.25, -0.2) is 0 Å². The number of hydrogen-bond acceptors (Lipinski definition) is 3. The van der Waals surface area contributed by atoms with E-state index in [2.05, 4.69) is 5.32 Å². The maximum Gasteiger partial charge on any atom is 0.226 e. The smallest absolute Gasteiger partial charge is 0.226 e. The van der Waals surface area contributed by atoms with Gasteiger partial charge in [0.25, 0.3) is 0 Å². The Balaban J connectivity index is 1.77. The van der Waals surface area contributed by atoms with Crippen molar-refractivity contribution in [2.45, 2.75) is 38.2 Å². The molecule has 2 aliphatic heterocycles. The molecule has 1 unspecified atom stereocenters. The summed E-state index contributed by atoms with van der Waals surface area (Å²) >= 11 is 0. The fourth-order valence-corrected chi connectivity index (χ4v) is 2.72. The number of likely N-dealkylation sites (N-methyl/N-ethyl adjacent to an activating group) is 1. The Labute approximate surface area is 104 Å². The van der Waals surface area contributed by atoms with E-state index in [1.807, 2.05) is 11.9 Å². The molecule has 98 valence electrons. The SMILES string of the molecule is CN(CC1CCCCO1)C(=O)[C@H]1CCCNC1. The van der Waals surface area contributed by atoms with E-state index in [-0.39, 0.29) is 17.9 Å². The molecule has 0 aliphatic carbocycles. The van der Waals surface area contributed by atoms with E-state index in [1.165, 1.54) is 12.8 Å². The summed E-state index contributed by atoms with van der Waals surface area (Å²) in [4.78, 5) is 14.1. The van der Waals surface area contributed by atoms with Gasteiger partial charge in [-0.2, -0.15) is 0 Å². The Morgan fingerprint density at radius 2 is 2.24 bits per heavy atom. The minimum absolute atomic E-state index is 0.178. The van der Waals surface area contributed by atoms with Gasteiger partial charge in [0.15, 0.2) is 0 Å². The summed E-state index contributed by atoms with van der Waals surface area (Å²) in [7, 11) is 1.91. The molecule has 1 amide bonds. The quantitative estimate of drug-likeness (QED) is 0.800. The van der Waals surface area contributed by atoms with Crippen molar-refractivity contribution in [3.05, 3.63) is 0 Å². The van der Waals surface area contributed by atoms with Crippen LogP contribution in [0.3, 0.4) is 0 Å². The minimum Gasteiger partial charge on any atom is -0.376 e. The average molecular weight is 240 g/mol. The monoisotopic (exact) mass is 240 g/mol. The van der Waals surface area contributed by atoms with Crippen molar-refractivity contribution < 1.29 is 9.53 Å². The van der Waals surface area contributed by atoms with Crippen LogP contribution in [0.15, 0.2) is 0 Å². The van der Waals surface area contributed by atoms with Crippen molar-refractivity contribution in [3.63, 3.8) is 0 Å². The molecule has 2 heterocycles. The first kappa shape index (κ1) is 12.8. The highest BCUT2D eigenvalue weighted by Gasteiger charge is 2.26. The van der Waals surface area contributed by atoms with E-state index in [4.69, 9.17) is 4.74 Å². The van der Waals surface area contributed by atoms with Gasteiger partial charge in [-0.1, -0.05) is 0 Å². The first-order valence-corrected chi connectivity index (χ1v) is 6.84. The zero-order valence-corrected chi connectivity index (χ0v) is 10.8. The first-order valence-electron chi connectivity index (χ1n) is 6.84. The lowest BCUT2D eigenvalue weighted by Gasteiger charge is -2.31. The van der Waals surface area contributed by atoms with Gasteiger partial charge in [0.05, 0.1) is 12.0 Å². The van der Waals surface area contributed by atoms with Crippen LogP contribution in [-0.2, 0) is 9.53 Å². The van der Waals surface area contributed by atoms with Crippen LogP contribution in [0.1, 0.15) is 32.1 Å². The number of ether oxygens (including phenoxy) is 1. The van der Waals surface area contributed by atoms with Gasteiger partial charge in [-0.15, -0.1) is 0 Å². The summed E-state index contributed by atoms with van der Waals surface area (Å²) in [5, 5.41) is 3.30. The topological polar surface area (TPSA) is 41.6 Å². The Hall–Kier alpha value is -0.610. The third-order valence-corrected chi connectivity index (χ3v) is 3.77. The summed E-state index contributed by atoms with van der Waals surface area (Å²) in [6, 6.07) is 0. The molecule has 2 rings (SSSR count). The Morgan fingerprint density at radius 1 is 1.35 bits per heavy atom. The molecule has 4 nitrogen and oxygen atoms in total. The zero-order chi connectivity index (χ0) is 12.1. The minimum atomic E-state index is 0.178. The molecule has 0 aromatic heterocycles. The summed E-state index contributed by atoms with van der Waals surface area (Å²) in [5.41, 5.74) is 0. The maximum atomic E-state index is 12.2. The number of carbonyl (C=O) groups excluding carboxylic acids is 1. The van der Waals surface area contributed by atoms with Gasteiger partial charge in [-0.05, 0) is 38.6 Å². The van der Waals surface area contributed by atoms with E-state index in [9.17, 15) is 4.79 Å². The third kappa shape index (κ3) is 3.68.